The lowest BCUT2D eigenvalue weighted by atomic mass is 9.73. The zero-order valence-electron chi connectivity index (χ0n) is 16.0. The van der Waals surface area contributed by atoms with Crippen molar-refractivity contribution < 1.29 is 22.6 Å². The minimum absolute atomic E-state index is 0.131. The average Bonchev–Trinajstić information content (AvgIpc) is 3.21. The topological polar surface area (TPSA) is 73.6 Å². The summed E-state index contributed by atoms with van der Waals surface area (Å²) < 4.78 is 52.2. The number of aromatic nitrogens is 4. The number of benzene rings is 1. The first-order chi connectivity index (χ1) is 14.3. The summed E-state index contributed by atoms with van der Waals surface area (Å²) in [5.74, 6) is 0.685. The number of methoxy groups -OCH3 is 1. The number of hydrogen-bond acceptors (Lipinski definition) is 6. The molecule has 0 saturated carbocycles. The van der Waals surface area contributed by atoms with Crippen LogP contribution in [0, 0.1) is 0 Å². The van der Waals surface area contributed by atoms with E-state index in [1.165, 1.54) is 4.52 Å². The number of nitrogens with zero attached hydrogens (tertiary/aromatic N) is 4. The van der Waals surface area contributed by atoms with Crippen LogP contribution in [0.4, 0.5) is 19.0 Å². The van der Waals surface area contributed by atoms with Crippen molar-refractivity contribution in [3.05, 3.63) is 46.9 Å². The number of rotatable bonds is 5. The van der Waals surface area contributed by atoms with Gasteiger partial charge in [0.25, 0.3) is 5.78 Å². The van der Waals surface area contributed by atoms with Gasteiger partial charge in [0, 0.05) is 41.8 Å². The minimum Gasteiger partial charge on any atom is -0.496 e. The van der Waals surface area contributed by atoms with Crippen molar-refractivity contribution >= 4 is 23.2 Å². The van der Waals surface area contributed by atoms with Gasteiger partial charge in [-0.1, -0.05) is 11.6 Å². The number of hydrogen-bond donors (Lipinski definition) is 1. The van der Waals surface area contributed by atoms with E-state index in [-0.39, 0.29) is 11.6 Å². The van der Waals surface area contributed by atoms with E-state index in [0.29, 0.717) is 43.4 Å². The van der Waals surface area contributed by atoms with E-state index in [2.05, 4.69) is 20.4 Å². The summed E-state index contributed by atoms with van der Waals surface area (Å²) in [5.41, 5.74) is -0.608. The zero-order chi connectivity index (χ0) is 21.4. The Hall–Kier alpha value is -2.59. The summed E-state index contributed by atoms with van der Waals surface area (Å²) in [4.78, 5) is 7.35. The number of ether oxygens (including phenoxy) is 2. The second-order valence-corrected chi connectivity index (χ2v) is 7.52. The molecule has 0 spiro atoms. The molecule has 0 radical (unpaired) electrons. The van der Waals surface area contributed by atoms with Crippen LogP contribution in [-0.4, -0.2) is 46.5 Å². The van der Waals surface area contributed by atoms with E-state index in [9.17, 15) is 13.2 Å². The van der Waals surface area contributed by atoms with Crippen LogP contribution >= 0.6 is 11.6 Å². The molecule has 160 valence electrons. The smallest absolute Gasteiger partial charge is 0.433 e. The maximum Gasteiger partial charge on any atom is 0.433 e. The second kappa shape index (κ2) is 7.92. The predicted octanol–water partition coefficient (Wildman–Crippen LogP) is 3.97. The molecule has 0 aliphatic carbocycles. The molecule has 1 aromatic carbocycles. The summed E-state index contributed by atoms with van der Waals surface area (Å²) in [6.45, 7) is 1.35. The fraction of sp³-hybridized carbons (Fsp3) is 0.421. The van der Waals surface area contributed by atoms with Gasteiger partial charge in [-0.2, -0.15) is 27.8 Å². The van der Waals surface area contributed by atoms with Gasteiger partial charge in [-0.25, -0.2) is 4.98 Å². The molecule has 1 N–H and O–H groups in total. The lowest BCUT2D eigenvalue weighted by molar-refractivity contribution is -0.141. The first-order valence-electron chi connectivity index (χ1n) is 9.26. The van der Waals surface area contributed by atoms with E-state index in [1.807, 2.05) is 6.07 Å². The Bertz CT molecular complexity index is 1050. The zero-order valence-corrected chi connectivity index (χ0v) is 16.8. The summed E-state index contributed by atoms with van der Waals surface area (Å²) in [5, 5.41) is 7.68. The Morgan fingerprint density at radius 1 is 1.27 bits per heavy atom. The maximum atomic E-state index is 13.3. The lowest BCUT2D eigenvalue weighted by Gasteiger charge is -2.39. The summed E-state index contributed by atoms with van der Waals surface area (Å²) >= 11 is 6.24. The Labute approximate surface area is 175 Å². The first kappa shape index (κ1) is 20.7. The Balaban J connectivity index is 1.73. The highest BCUT2D eigenvalue weighted by atomic mass is 35.5. The minimum atomic E-state index is -4.60. The third kappa shape index (κ3) is 3.89. The van der Waals surface area contributed by atoms with Crippen LogP contribution in [0.2, 0.25) is 5.02 Å². The highest BCUT2D eigenvalue weighted by Crippen LogP contribution is 2.41. The molecular formula is C19H19ClF3N5O2. The van der Waals surface area contributed by atoms with Crippen molar-refractivity contribution in [2.75, 3.05) is 32.2 Å². The van der Waals surface area contributed by atoms with Crippen LogP contribution < -0.4 is 10.1 Å². The molecule has 0 amide bonds. The summed E-state index contributed by atoms with van der Waals surface area (Å²) in [6.07, 6.45) is -2.14. The van der Waals surface area contributed by atoms with Crippen molar-refractivity contribution in [3.8, 4) is 5.75 Å². The standard InChI is InChI=1S/C19H19ClF3N5O2/c1-29-14-3-2-12(20)8-13(14)18(4-6-30-7-5-18)10-24-16-9-15(19(21,22)23)27-17-25-11-26-28(16)17/h2-3,8-9,11,24H,4-7,10H2,1H3. The highest BCUT2D eigenvalue weighted by Gasteiger charge is 2.38. The largest absolute Gasteiger partial charge is 0.496 e. The fourth-order valence-corrected chi connectivity index (χ4v) is 3.91. The van der Waals surface area contributed by atoms with Crippen LogP contribution in [0.25, 0.3) is 5.78 Å². The van der Waals surface area contributed by atoms with Crippen LogP contribution in [0.3, 0.4) is 0 Å². The molecule has 1 saturated heterocycles. The van der Waals surface area contributed by atoms with Gasteiger partial charge in [-0.05, 0) is 31.0 Å². The van der Waals surface area contributed by atoms with E-state index in [1.54, 1.807) is 19.2 Å². The third-order valence-electron chi connectivity index (χ3n) is 5.33. The maximum absolute atomic E-state index is 13.3. The number of alkyl halides is 3. The van der Waals surface area contributed by atoms with Gasteiger partial charge in [0.2, 0.25) is 0 Å². The molecule has 0 atom stereocenters. The van der Waals surface area contributed by atoms with E-state index in [0.717, 1.165) is 18.0 Å². The van der Waals surface area contributed by atoms with Crippen molar-refractivity contribution in [2.24, 2.45) is 0 Å². The van der Waals surface area contributed by atoms with Crippen molar-refractivity contribution in [2.45, 2.75) is 24.4 Å². The van der Waals surface area contributed by atoms with Crippen LogP contribution in [0.1, 0.15) is 24.1 Å². The number of anilines is 1. The molecule has 7 nitrogen and oxygen atoms in total. The third-order valence-corrected chi connectivity index (χ3v) is 5.57. The molecule has 1 aliphatic rings. The monoisotopic (exact) mass is 441 g/mol. The molecule has 0 bridgehead atoms. The summed E-state index contributed by atoms with van der Waals surface area (Å²) in [6, 6.07) is 6.30. The molecule has 30 heavy (non-hydrogen) atoms. The van der Waals surface area contributed by atoms with Crippen LogP contribution in [0.5, 0.6) is 5.75 Å². The SMILES string of the molecule is COc1ccc(Cl)cc1C1(CNc2cc(C(F)(F)F)nc3ncnn23)CCOCC1. The molecule has 3 aromatic rings. The van der Waals surface area contributed by atoms with Gasteiger partial charge in [0.1, 0.15) is 17.9 Å². The molecule has 1 aliphatic heterocycles. The number of halogens is 4. The predicted molar refractivity (Wildman–Crippen MR) is 104 cm³/mol. The van der Waals surface area contributed by atoms with Crippen molar-refractivity contribution in [1.82, 2.24) is 19.6 Å². The van der Waals surface area contributed by atoms with Gasteiger partial charge >= 0.3 is 6.18 Å². The highest BCUT2D eigenvalue weighted by molar-refractivity contribution is 6.30. The Morgan fingerprint density at radius 3 is 2.73 bits per heavy atom. The van der Waals surface area contributed by atoms with Crippen LogP contribution in [-0.2, 0) is 16.3 Å². The first-order valence-corrected chi connectivity index (χ1v) is 9.64. The quantitative estimate of drug-likeness (QED) is 0.646. The average molecular weight is 442 g/mol. The van der Waals surface area contributed by atoms with Crippen LogP contribution in [0.15, 0.2) is 30.6 Å². The lowest BCUT2D eigenvalue weighted by Crippen LogP contribution is -2.40. The van der Waals surface area contributed by atoms with Gasteiger partial charge in [0.05, 0.1) is 7.11 Å². The molecule has 2 aromatic heterocycles. The normalized spacial score (nSPS) is 16.6. The second-order valence-electron chi connectivity index (χ2n) is 7.09. The van der Waals surface area contributed by atoms with Gasteiger partial charge < -0.3 is 14.8 Å². The Kier molecular flexibility index (Phi) is 5.46. The molecule has 0 unspecified atom stereocenters. The van der Waals surface area contributed by atoms with Crippen molar-refractivity contribution in [3.63, 3.8) is 0 Å². The Morgan fingerprint density at radius 2 is 2.03 bits per heavy atom. The number of nitrogens with one attached hydrogen (secondary N) is 1. The summed E-state index contributed by atoms with van der Waals surface area (Å²) in [7, 11) is 1.57. The molecule has 11 heteroatoms. The van der Waals surface area contributed by atoms with E-state index >= 15 is 0 Å². The van der Waals surface area contributed by atoms with E-state index < -0.39 is 17.3 Å². The van der Waals surface area contributed by atoms with Gasteiger partial charge in [0.15, 0.2) is 5.69 Å². The molecule has 3 heterocycles. The fourth-order valence-electron chi connectivity index (χ4n) is 3.74. The van der Waals surface area contributed by atoms with E-state index in [4.69, 9.17) is 21.1 Å². The molecular weight excluding hydrogens is 423 g/mol. The van der Waals surface area contributed by atoms with Gasteiger partial charge in [-0.3, -0.25) is 0 Å². The van der Waals surface area contributed by atoms with Crippen molar-refractivity contribution in [1.29, 1.82) is 0 Å². The molecule has 1 fully saturated rings. The van der Waals surface area contributed by atoms with Gasteiger partial charge in [-0.15, -0.1) is 0 Å². The number of fused-ring (bicyclic) bond motifs is 1. The molecule has 4 rings (SSSR count).